The fourth-order valence-corrected chi connectivity index (χ4v) is 7.44. The van der Waals surface area contributed by atoms with Gasteiger partial charge in [-0.1, -0.05) is 74.5 Å². The van der Waals surface area contributed by atoms with Gasteiger partial charge in [-0.3, -0.25) is 20.2 Å². The van der Waals surface area contributed by atoms with Crippen LogP contribution in [0.3, 0.4) is 0 Å². The molecule has 57 heavy (non-hydrogen) atoms. The van der Waals surface area contributed by atoms with Crippen molar-refractivity contribution in [2.75, 3.05) is 67.1 Å². The van der Waals surface area contributed by atoms with Gasteiger partial charge in [0.05, 0.1) is 36.3 Å². The van der Waals surface area contributed by atoms with E-state index in [1.807, 2.05) is 24.3 Å². The maximum atomic E-state index is 11.7. The third kappa shape index (κ3) is 10.3. The van der Waals surface area contributed by atoms with Crippen LogP contribution in [-0.4, -0.2) is 87.1 Å². The molecular formula is C45H52N2O10. The highest BCUT2D eigenvalue weighted by atomic mass is 16.6. The number of aliphatic hydroxyl groups excluding tert-OH is 2. The molecule has 0 saturated heterocycles. The Kier molecular flexibility index (Phi) is 15.4. The molecule has 0 spiro atoms. The molecule has 0 amide bonds. The molecular weight excluding hydrogens is 728 g/mol. The molecule has 12 heteroatoms. The van der Waals surface area contributed by atoms with Gasteiger partial charge in [0.1, 0.15) is 0 Å². The van der Waals surface area contributed by atoms with E-state index < -0.39 is 27.1 Å². The maximum absolute atomic E-state index is 11.7. The Morgan fingerprint density at radius 2 is 0.947 bits per heavy atom. The second kappa shape index (κ2) is 20.4. The van der Waals surface area contributed by atoms with E-state index in [9.17, 15) is 30.4 Å². The molecule has 2 unspecified atom stereocenters. The standard InChI is InChI=1S/C45H52N2O10/c1-31(29-48)39-25-33(11-15-43(39)46(50)51)5-7-35-9-13-37-38-14-10-36(8-6-34-12-16-44(47(52)53)40(26-34)32(2)30-49)28-42(38)45(41(37)27-35,17-19-56-23-21-54-3)18-20-57-24-22-55-4/h5-16,25-28,31-32,48-49H,17-24,29-30H2,1-4H3/b7-5+,8-6+. The molecule has 2 atom stereocenters. The Morgan fingerprint density at radius 1 is 0.579 bits per heavy atom. The maximum Gasteiger partial charge on any atom is 0.272 e. The number of methoxy groups -OCH3 is 2. The van der Waals surface area contributed by atoms with Crippen LogP contribution in [0.1, 0.15) is 83.0 Å². The predicted molar refractivity (Wildman–Crippen MR) is 222 cm³/mol. The number of rotatable bonds is 22. The van der Waals surface area contributed by atoms with E-state index in [1.165, 1.54) is 12.1 Å². The molecule has 4 aromatic rings. The summed E-state index contributed by atoms with van der Waals surface area (Å²) in [4.78, 5) is 22.5. The predicted octanol–water partition coefficient (Wildman–Crippen LogP) is 8.41. The van der Waals surface area contributed by atoms with E-state index in [2.05, 4.69) is 36.4 Å². The van der Waals surface area contributed by atoms with Crippen LogP contribution >= 0.6 is 0 Å². The van der Waals surface area contributed by atoms with Gasteiger partial charge in [-0.15, -0.1) is 0 Å². The first-order valence-corrected chi connectivity index (χ1v) is 19.1. The van der Waals surface area contributed by atoms with E-state index in [0.717, 1.165) is 44.5 Å². The Balaban J connectivity index is 1.57. The summed E-state index contributed by atoms with van der Waals surface area (Å²) >= 11 is 0. The van der Waals surface area contributed by atoms with E-state index in [1.54, 1.807) is 52.3 Å². The lowest BCUT2D eigenvalue weighted by molar-refractivity contribution is -0.385. The SMILES string of the molecule is COCCOCCC1(CCOCCOC)c2cc(/C=C/c3ccc([N+](=O)[O-])c(C(C)CO)c3)ccc2-c2ccc(/C=C/c3ccc([N+](=O)[O-])c(C(C)CO)c3)cc21. The number of nitrogens with zero attached hydrogens (tertiary/aromatic N) is 2. The third-order valence-electron chi connectivity index (χ3n) is 10.7. The molecule has 0 radical (unpaired) electrons. The zero-order valence-corrected chi connectivity index (χ0v) is 33.0. The van der Waals surface area contributed by atoms with Gasteiger partial charge in [0, 0.05) is 81.2 Å². The summed E-state index contributed by atoms with van der Waals surface area (Å²) < 4.78 is 22.7. The van der Waals surface area contributed by atoms with Gasteiger partial charge >= 0.3 is 0 Å². The van der Waals surface area contributed by atoms with Crippen LogP contribution in [0.15, 0.2) is 72.8 Å². The Bertz CT molecular complexity index is 1930. The first-order chi connectivity index (χ1) is 27.6. The first kappa shape index (κ1) is 43.1. The molecule has 0 bridgehead atoms. The van der Waals surface area contributed by atoms with Crippen LogP contribution in [0.2, 0.25) is 0 Å². The van der Waals surface area contributed by atoms with Crippen LogP contribution in [0.25, 0.3) is 35.4 Å². The number of fused-ring (bicyclic) bond motifs is 3. The molecule has 1 aliphatic rings. The Hall–Kier alpha value is -5.08. The average Bonchev–Trinajstić information content (AvgIpc) is 3.48. The lowest BCUT2D eigenvalue weighted by Crippen LogP contribution is -2.30. The highest BCUT2D eigenvalue weighted by Crippen LogP contribution is 2.53. The summed E-state index contributed by atoms with van der Waals surface area (Å²) in [6, 6.07) is 22.7. The molecule has 302 valence electrons. The number of ether oxygens (including phenoxy) is 4. The van der Waals surface area contributed by atoms with E-state index in [0.29, 0.717) is 63.6 Å². The minimum absolute atomic E-state index is 0.0165. The highest BCUT2D eigenvalue weighted by molar-refractivity contribution is 5.85. The van der Waals surface area contributed by atoms with Crippen LogP contribution in [0.4, 0.5) is 11.4 Å². The summed E-state index contributed by atoms with van der Waals surface area (Å²) in [6.45, 7) is 5.94. The largest absolute Gasteiger partial charge is 0.396 e. The molecule has 5 rings (SSSR count). The van der Waals surface area contributed by atoms with Crippen LogP contribution in [0.5, 0.6) is 0 Å². The number of hydrogen-bond donors (Lipinski definition) is 2. The zero-order valence-electron chi connectivity index (χ0n) is 33.0. The number of nitro groups is 2. The molecule has 12 nitrogen and oxygen atoms in total. The fourth-order valence-electron chi connectivity index (χ4n) is 7.44. The van der Waals surface area contributed by atoms with Crippen LogP contribution in [-0.2, 0) is 24.4 Å². The smallest absolute Gasteiger partial charge is 0.272 e. The van der Waals surface area contributed by atoms with Gasteiger partial charge in [0.25, 0.3) is 11.4 Å². The minimum Gasteiger partial charge on any atom is -0.396 e. The van der Waals surface area contributed by atoms with Crippen LogP contribution in [0, 0.1) is 20.2 Å². The van der Waals surface area contributed by atoms with Crippen molar-refractivity contribution in [3.8, 4) is 11.1 Å². The van der Waals surface area contributed by atoms with Crippen molar-refractivity contribution in [2.24, 2.45) is 0 Å². The lowest BCUT2D eigenvalue weighted by Gasteiger charge is -2.33. The summed E-state index contributed by atoms with van der Waals surface area (Å²) in [5.41, 5.74) is 8.41. The average molecular weight is 781 g/mol. The van der Waals surface area contributed by atoms with Crippen LogP contribution < -0.4 is 0 Å². The van der Waals surface area contributed by atoms with Gasteiger partial charge in [-0.2, -0.15) is 0 Å². The van der Waals surface area contributed by atoms with Gasteiger partial charge in [-0.05, 0) is 81.6 Å². The summed E-state index contributed by atoms with van der Waals surface area (Å²) in [6.07, 6.45) is 9.19. The van der Waals surface area contributed by atoms with Crippen molar-refractivity contribution in [1.82, 2.24) is 0 Å². The van der Waals surface area contributed by atoms with E-state index >= 15 is 0 Å². The molecule has 2 N–H and O–H groups in total. The molecule has 0 saturated carbocycles. The van der Waals surface area contributed by atoms with Crippen molar-refractivity contribution in [1.29, 1.82) is 0 Å². The molecule has 0 fully saturated rings. The molecule has 0 aromatic heterocycles. The lowest BCUT2D eigenvalue weighted by atomic mass is 9.72. The topological polar surface area (TPSA) is 164 Å². The number of hydrogen-bond acceptors (Lipinski definition) is 10. The van der Waals surface area contributed by atoms with Crippen molar-refractivity contribution in [3.05, 3.63) is 138 Å². The quantitative estimate of drug-likeness (QED) is 0.0343. The normalized spacial score (nSPS) is 14.2. The van der Waals surface area contributed by atoms with Gasteiger partial charge in [-0.25, -0.2) is 0 Å². The molecule has 0 heterocycles. The van der Waals surface area contributed by atoms with Gasteiger partial charge < -0.3 is 29.2 Å². The number of aliphatic hydroxyl groups is 2. The number of benzene rings is 4. The van der Waals surface area contributed by atoms with Gasteiger partial charge in [0.15, 0.2) is 0 Å². The molecule has 1 aliphatic carbocycles. The zero-order chi connectivity index (χ0) is 41.0. The second-order valence-electron chi connectivity index (χ2n) is 14.4. The summed E-state index contributed by atoms with van der Waals surface area (Å²) in [5, 5.41) is 42.9. The third-order valence-corrected chi connectivity index (χ3v) is 10.7. The van der Waals surface area contributed by atoms with Crippen molar-refractivity contribution >= 4 is 35.7 Å². The Labute approximate surface area is 333 Å². The fraction of sp³-hybridized carbons (Fsp3) is 0.378. The van der Waals surface area contributed by atoms with Gasteiger partial charge in [0.2, 0.25) is 0 Å². The first-order valence-electron chi connectivity index (χ1n) is 19.1. The van der Waals surface area contributed by atoms with E-state index in [-0.39, 0.29) is 24.6 Å². The summed E-state index contributed by atoms with van der Waals surface area (Å²) in [7, 11) is 3.29. The molecule has 4 aromatic carbocycles. The van der Waals surface area contributed by atoms with Crippen molar-refractivity contribution < 1.29 is 39.0 Å². The minimum atomic E-state index is -0.493. The Morgan fingerprint density at radius 3 is 1.30 bits per heavy atom. The second-order valence-corrected chi connectivity index (χ2v) is 14.4. The van der Waals surface area contributed by atoms with E-state index in [4.69, 9.17) is 18.9 Å². The van der Waals surface area contributed by atoms with Crippen molar-refractivity contribution in [3.63, 3.8) is 0 Å². The monoisotopic (exact) mass is 780 g/mol. The summed E-state index contributed by atoms with van der Waals surface area (Å²) in [5.74, 6) is -0.784. The number of nitro benzene ring substituents is 2. The van der Waals surface area contributed by atoms with Crippen molar-refractivity contribution in [2.45, 2.75) is 43.9 Å². The molecule has 0 aliphatic heterocycles. The highest BCUT2D eigenvalue weighted by Gasteiger charge is 2.43.